The second kappa shape index (κ2) is 8.20. The Morgan fingerprint density at radius 1 is 1.21 bits per heavy atom. The molecule has 6 nitrogen and oxygen atoms in total. The highest BCUT2D eigenvalue weighted by atomic mass is 32.2. The van der Waals surface area contributed by atoms with Crippen molar-refractivity contribution >= 4 is 44.3 Å². The van der Waals surface area contributed by atoms with Crippen molar-refractivity contribution < 1.29 is 13.2 Å². The normalized spacial score (nSPS) is 11.5. The molecule has 0 saturated carbocycles. The maximum Gasteiger partial charge on any atom is 0.231 e. The van der Waals surface area contributed by atoms with Gasteiger partial charge in [0.05, 0.1) is 28.7 Å². The van der Waals surface area contributed by atoms with Gasteiger partial charge in [0.15, 0.2) is 10.9 Å². The number of fused-ring (bicyclic) bond motifs is 1. The molecule has 1 heterocycles. The van der Waals surface area contributed by atoms with Crippen LogP contribution in [0.3, 0.4) is 0 Å². The lowest BCUT2D eigenvalue weighted by Crippen LogP contribution is -2.24. The summed E-state index contributed by atoms with van der Waals surface area (Å²) in [4.78, 5) is 17.2. The van der Waals surface area contributed by atoms with Crippen LogP contribution in [-0.2, 0) is 16.6 Å². The molecule has 3 rings (SSSR count). The summed E-state index contributed by atoms with van der Waals surface area (Å²) in [6.07, 6.45) is 2.94. The van der Waals surface area contributed by atoms with Gasteiger partial charge < -0.3 is 4.57 Å². The van der Waals surface area contributed by atoms with Gasteiger partial charge in [0, 0.05) is 19.2 Å². The van der Waals surface area contributed by atoms with Gasteiger partial charge in [-0.25, -0.2) is 13.4 Å². The minimum absolute atomic E-state index is 0.0456. The molecule has 0 unspecified atom stereocenters. The highest BCUT2D eigenvalue weighted by Gasteiger charge is 2.15. The number of thioether (sulfide) groups is 1. The lowest BCUT2D eigenvalue weighted by molar-refractivity contribution is 0.102. The van der Waals surface area contributed by atoms with Crippen LogP contribution >= 0.6 is 11.8 Å². The minimum atomic E-state index is -3.33. The van der Waals surface area contributed by atoms with Crippen molar-refractivity contribution in [1.82, 2.24) is 9.55 Å². The number of imidazole rings is 1. The Bertz CT molecular complexity index is 1120. The monoisotopic (exact) mass is 415 g/mol. The number of ketones is 1. The Balaban J connectivity index is 1.75. The van der Waals surface area contributed by atoms with Crippen LogP contribution in [0.1, 0.15) is 10.4 Å². The summed E-state index contributed by atoms with van der Waals surface area (Å²) in [5.74, 6) is 0.192. The number of hydrogen-bond acceptors (Lipinski definition) is 5. The fraction of sp³-hybridized carbons (Fsp3) is 0.200. The third kappa shape index (κ3) is 4.28. The van der Waals surface area contributed by atoms with Crippen molar-refractivity contribution in [3.63, 3.8) is 0 Å². The average molecular weight is 416 g/mol. The number of nitrogens with zero attached hydrogens (tertiary/aromatic N) is 3. The number of benzene rings is 2. The fourth-order valence-corrected chi connectivity index (χ4v) is 4.15. The van der Waals surface area contributed by atoms with E-state index in [-0.39, 0.29) is 11.5 Å². The second-order valence-electron chi connectivity index (χ2n) is 6.27. The summed E-state index contributed by atoms with van der Waals surface area (Å²) in [6.45, 7) is 4.41. The van der Waals surface area contributed by atoms with Crippen LogP contribution in [0.5, 0.6) is 0 Å². The zero-order chi connectivity index (χ0) is 20.3. The van der Waals surface area contributed by atoms with Gasteiger partial charge in [-0.15, -0.1) is 6.58 Å². The highest BCUT2D eigenvalue weighted by Crippen LogP contribution is 2.25. The predicted molar refractivity (Wildman–Crippen MR) is 115 cm³/mol. The fourth-order valence-electron chi connectivity index (χ4n) is 2.73. The van der Waals surface area contributed by atoms with Gasteiger partial charge in [0.25, 0.3) is 0 Å². The molecule has 2 aromatic carbocycles. The lowest BCUT2D eigenvalue weighted by Gasteiger charge is -2.16. The summed E-state index contributed by atoms with van der Waals surface area (Å²) >= 11 is 1.38. The molecular weight excluding hydrogens is 394 g/mol. The van der Waals surface area contributed by atoms with Crippen molar-refractivity contribution in [2.75, 3.05) is 23.4 Å². The standard InChI is InChI=1S/C20H21N3O3S2/c1-4-13-23-18-8-6-5-7-17(18)21-20(23)27-14-19(24)15-9-11-16(12-10-15)22(2)28(3,25)26/h4-12H,1,13-14H2,2-3H3. The maximum absolute atomic E-state index is 12.6. The molecular formula is C20H21N3O3S2. The number of carbonyl (C=O) groups is 1. The molecule has 146 valence electrons. The quantitative estimate of drug-likeness (QED) is 0.319. The summed E-state index contributed by atoms with van der Waals surface area (Å²) in [5.41, 5.74) is 2.93. The van der Waals surface area contributed by atoms with Gasteiger partial charge in [-0.2, -0.15) is 0 Å². The molecule has 0 aliphatic rings. The largest absolute Gasteiger partial charge is 0.315 e. The van der Waals surface area contributed by atoms with E-state index in [1.165, 1.54) is 23.1 Å². The van der Waals surface area contributed by atoms with Crippen LogP contribution in [0.25, 0.3) is 11.0 Å². The predicted octanol–water partition coefficient (Wildman–Crippen LogP) is 3.59. The third-order valence-corrected chi connectivity index (χ3v) is 6.50. The van der Waals surface area contributed by atoms with E-state index in [0.717, 1.165) is 22.4 Å². The molecule has 0 bridgehead atoms. The summed E-state index contributed by atoms with van der Waals surface area (Å²) in [6, 6.07) is 14.4. The number of sulfonamides is 1. The molecule has 0 aliphatic heterocycles. The summed E-state index contributed by atoms with van der Waals surface area (Å²) in [7, 11) is -1.85. The Labute approximate surface area is 168 Å². The first-order valence-electron chi connectivity index (χ1n) is 8.57. The van der Waals surface area contributed by atoms with Gasteiger partial charge in [-0.3, -0.25) is 9.10 Å². The second-order valence-corrected chi connectivity index (χ2v) is 9.23. The minimum Gasteiger partial charge on any atom is -0.315 e. The van der Waals surface area contributed by atoms with Crippen LogP contribution in [0.15, 0.2) is 66.3 Å². The highest BCUT2D eigenvalue weighted by molar-refractivity contribution is 7.99. The number of carbonyl (C=O) groups excluding carboxylic acids is 1. The van der Waals surface area contributed by atoms with Gasteiger partial charge in [-0.1, -0.05) is 30.0 Å². The Hall–Kier alpha value is -2.58. The molecule has 28 heavy (non-hydrogen) atoms. The van der Waals surface area contributed by atoms with Crippen molar-refractivity contribution in [3.8, 4) is 0 Å². The number of para-hydroxylation sites is 2. The van der Waals surface area contributed by atoms with Crippen molar-refractivity contribution in [2.45, 2.75) is 11.7 Å². The average Bonchev–Trinajstić information content (AvgIpc) is 3.03. The molecule has 1 aromatic heterocycles. The maximum atomic E-state index is 12.6. The van der Waals surface area contributed by atoms with Gasteiger partial charge in [0.2, 0.25) is 10.0 Å². The zero-order valence-corrected chi connectivity index (χ0v) is 17.3. The van der Waals surface area contributed by atoms with Crippen molar-refractivity contribution in [2.24, 2.45) is 0 Å². The van der Waals surface area contributed by atoms with Gasteiger partial charge >= 0.3 is 0 Å². The molecule has 0 saturated heterocycles. The Morgan fingerprint density at radius 3 is 2.54 bits per heavy atom. The van der Waals surface area contributed by atoms with Crippen LogP contribution in [0.4, 0.5) is 5.69 Å². The molecule has 3 aromatic rings. The smallest absolute Gasteiger partial charge is 0.231 e. The Kier molecular flexibility index (Phi) is 5.90. The number of Topliss-reactive ketones (excluding diaryl/α,β-unsaturated/α-hetero) is 1. The number of allylic oxidation sites excluding steroid dienone is 1. The molecule has 8 heteroatoms. The van der Waals surface area contributed by atoms with E-state index in [4.69, 9.17) is 0 Å². The third-order valence-electron chi connectivity index (χ3n) is 4.31. The van der Waals surface area contributed by atoms with Gasteiger partial charge in [0.1, 0.15) is 0 Å². The van der Waals surface area contributed by atoms with Crippen molar-refractivity contribution in [3.05, 3.63) is 66.7 Å². The molecule has 0 atom stereocenters. The Morgan fingerprint density at radius 2 is 1.89 bits per heavy atom. The van der Waals surface area contributed by atoms with Crippen LogP contribution in [0.2, 0.25) is 0 Å². The van der Waals surface area contributed by atoms with E-state index < -0.39 is 10.0 Å². The van der Waals surface area contributed by atoms with Crippen molar-refractivity contribution in [1.29, 1.82) is 0 Å². The first kappa shape index (κ1) is 20.2. The van der Waals surface area contributed by atoms with E-state index in [2.05, 4.69) is 11.6 Å². The number of hydrogen-bond donors (Lipinski definition) is 0. The SMILES string of the molecule is C=CCn1c(SCC(=O)c2ccc(N(C)S(C)(=O)=O)cc2)nc2ccccc21. The van der Waals surface area contributed by atoms with E-state index >= 15 is 0 Å². The molecule has 0 fully saturated rings. The topological polar surface area (TPSA) is 72.3 Å². The molecule has 0 aliphatic carbocycles. The van der Waals surface area contributed by atoms with Crippen LogP contribution < -0.4 is 4.31 Å². The molecule has 0 amide bonds. The molecule has 0 N–H and O–H groups in total. The van der Waals surface area contributed by atoms with E-state index in [1.807, 2.05) is 28.8 Å². The summed E-state index contributed by atoms with van der Waals surface area (Å²) < 4.78 is 26.4. The molecule has 0 radical (unpaired) electrons. The lowest BCUT2D eigenvalue weighted by atomic mass is 10.1. The van der Waals surface area contributed by atoms with Crippen LogP contribution in [-0.4, -0.2) is 42.8 Å². The molecule has 0 spiro atoms. The van der Waals surface area contributed by atoms with E-state index in [1.54, 1.807) is 30.3 Å². The summed E-state index contributed by atoms with van der Waals surface area (Å²) in [5, 5.41) is 0.767. The number of rotatable bonds is 8. The van der Waals surface area contributed by atoms with Gasteiger partial charge in [-0.05, 0) is 36.4 Å². The van der Waals surface area contributed by atoms with Crippen LogP contribution in [0, 0.1) is 0 Å². The first-order valence-corrected chi connectivity index (χ1v) is 11.4. The van der Waals surface area contributed by atoms with E-state index in [0.29, 0.717) is 17.8 Å². The van der Waals surface area contributed by atoms with E-state index in [9.17, 15) is 13.2 Å². The zero-order valence-electron chi connectivity index (χ0n) is 15.7. The number of aromatic nitrogens is 2. The number of anilines is 1. The first-order chi connectivity index (χ1) is 13.3.